The van der Waals surface area contributed by atoms with Gasteiger partial charge in [-0.3, -0.25) is 9.89 Å². The molecule has 0 bridgehead atoms. The van der Waals surface area contributed by atoms with E-state index in [0.29, 0.717) is 18.2 Å². The maximum absolute atomic E-state index is 12.5. The number of rotatable bonds is 5. The van der Waals surface area contributed by atoms with Gasteiger partial charge in [0, 0.05) is 18.8 Å². The van der Waals surface area contributed by atoms with E-state index in [1.54, 1.807) is 6.07 Å². The van der Waals surface area contributed by atoms with Gasteiger partial charge in [0.05, 0.1) is 0 Å². The first-order valence-electron chi connectivity index (χ1n) is 6.91. The zero-order valence-corrected chi connectivity index (χ0v) is 12.3. The zero-order valence-electron chi connectivity index (χ0n) is 12.3. The molecule has 0 aliphatic rings. The summed E-state index contributed by atoms with van der Waals surface area (Å²) in [5.74, 6) is 0.398. The molecule has 0 aliphatic heterocycles. The second kappa shape index (κ2) is 6.37. The number of hydrogen-bond donors (Lipinski definition) is 1. The molecule has 0 saturated heterocycles. The number of nitrogens with one attached hydrogen (secondary N) is 1. The minimum atomic E-state index is -0.0214. The van der Waals surface area contributed by atoms with E-state index in [9.17, 15) is 4.79 Å². The first-order valence-corrected chi connectivity index (χ1v) is 6.91. The lowest BCUT2D eigenvalue weighted by Crippen LogP contribution is -2.34. The van der Waals surface area contributed by atoms with Crippen molar-refractivity contribution in [2.24, 2.45) is 5.92 Å². The molecule has 4 nitrogen and oxygen atoms in total. The second-order valence-corrected chi connectivity index (χ2v) is 5.50. The van der Waals surface area contributed by atoms with Crippen LogP contribution >= 0.6 is 0 Å². The summed E-state index contributed by atoms with van der Waals surface area (Å²) in [7, 11) is 0. The molecule has 0 unspecified atom stereocenters. The molecule has 1 N–H and O–H groups in total. The maximum atomic E-state index is 12.5. The number of aryl methyl sites for hydroxylation is 1. The molecule has 2 rings (SSSR count). The third-order valence-corrected chi connectivity index (χ3v) is 3.01. The number of aromatic nitrogens is 2. The van der Waals surface area contributed by atoms with E-state index in [-0.39, 0.29) is 5.91 Å². The number of H-pyrrole nitrogens is 1. The molecular formula is C16H21N3O. The fourth-order valence-electron chi connectivity index (χ4n) is 2.15. The number of nitrogens with zero attached hydrogens (tertiary/aromatic N) is 2. The van der Waals surface area contributed by atoms with Crippen LogP contribution < -0.4 is 0 Å². The van der Waals surface area contributed by atoms with Crippen molar-refractivity contribution < 1.29 is 4.79 Å². The van der Waals surface area contributed by atoms with Gasteiger partial charge in [0.25, 0.3) is 5.91 Å². The molecule has 0 fully saturated rings. The number of aromatic amines is 1. The highest BCUT2D eigenvalue weighted by atomic mass is 16.2. The number of carbonyl (C=O) groups is 1. The van der Waals surface area contributed by atoms with E-state index in [4.69, 9.17) is 0 Å². The predicted molar refractivity (Wildman–Crippen MR) is 79.3 cm³/mol. The summed E-state index contributed by atoms with van der Waals surface area (Å²) < 4.78 is 0. The van der Waals surface area contributed by atoms with E-state index >= 15 is 0 Å². The predicted octanol–water partition coefficient (Wildman–Crippen LogP) is 3.02. The number of hydrogen-bond acceptors (Lipinski definition) is 2. The quantitative estimate of drug-likeness (QED) is 0.908. The van der Waals surface area contributed by atoms with Crippen LogP contribution in [0.4, 0.5) is 0 Å². The zero-order chi connectivity index (χ0) is 14.5. The minimum absolute atomic E-state index is 0.0214. The molecule has 2 aromatic rings. The lowest BCUT2D eigenvalue weighted by molar-refractivity contribution is 0.0716. The smallest absolute Gasteiger partial charge is 0.274 e. The summed E-state index contributed by atoms with van der Waals surface area (Å²) in [4.78, 5) is 14.4. The van der Waals surface area contributed by atoms with Gasteiger partial charge >= 0.3 is 0 Å². The van der Waals surface area contributed by atoms with Gasteiger partial charge in [0.1, 0.15) is 5.69 Å². The van der Waals surface area contributed by atoms with Gasteiger partial charge in [-0.2, -0.15) is 5.10 Å². The highest BCUT2D eigenvalue weighted by Crippen LogP contribution is 2.11. The Labute approximate surface area is 119 Å². The Bertz CT molecular complexity index is 560. The van der Waals surface area contributed by atoms with Crippen LogP contribution in [0.25, 0.3) is 0 Å². The average molecular weight is 271 g/mol. The van der Waals surface area contributed by atoms with Crippen LogP contribution in [0.2, 0.25) is 0 Å². The lowest BCUT2D eigenvalue weighted by atomic mass is 10.1. The largest absolute Gasteiger partial charge is 0.333 e. The second-order valence-electron chi connectivity index (χ2n) is 5.50. The molecule has 0 saturated carbocycles. The van der Waals surface area contributed by atoms with E-state index in [0.717, 1.165) is 17.8 Å². The molecule has 0 aliphatic carbocycles. The fourth-order valence-corrected chi connectivity index (χ4v) is 2.15. The van der Waals surface area contributed by atoms with Gasteiger partial charge in [-0.05, 0) is 24.5 Å². The first-order chi connectivity index (χ1) is 9.56. The third kappa shape index (κ3) is 3.70. The standard InChI is InChI=1S/C16H21N3O/c1-12(2)10-19(11-14-7-5-4-6-8-14)16(20)15-9-13(3)17-18-15/h4-9,12H,10-11H2,1-3H3,(H,17,18). The van der Waals surface area contributed by atoms with Crippen LogP contribution in [0, 0.1) is 12.8 Å². The van der Waals surface area contributed by atoms with Gasteiger partial charge in [-0.25, -0.2) is 0 Å². The first kappa shape index (κ1) is 14.3. The summed E-state index contributed by atoms with van der Waals surface area (Å²) >= 11 is 0. The van der Waals surface area contributed by atoms with Crippen molar-refractivity contribution in [2.75, 3.05) is 6.54 Å². The van der Waals surface area contributed by atoms with E-state index in [2.05, 4.69) is 24.0 Å². The Morgan fingerprint density at radius 3 is 2.55 bits per heavy atom. The van der Waals surface area contributed by atoms with Gasteiger partial charge in [0.15, 0.2) is 0 Å². The molecule has 1 amide bonds. The number of amides is 1. The topological polar surface area (TPSA) is 49.0 Å². The highest BCUT2D eigenvalue weighted by Gasteiger charge is 2.19. The van der Waals surface area contributed by atoms with Gasteiger partial charge in [-0.1, -0.05) is 44.2 Å². The molecule has 1 aromatic carbocycles. The van der Waals surface area contributed by atoms with Gasteiger partial charge < -0.3 is 4.90 Å². The number of carbonyl (C=O) groups excluding carboxylic acids is 1. The molecule has 0 spiro atoms. The van der Waals surface area contributed by atoms with E-state index in [1.165, 1.54) is 0 Å². The van der Waals surface area contributed by atoms with Gasteiger partial charge in [0.2, 0.25) is 0 Å². The minimum Gasteiger partial charge on any atom is -0.333 e. The summed E-state index contributed by atoms with van der Waals surface area (Å²) in [5.41, 5.74) is 2.52. The average Bonchev–Trinajstić information content (AvgIpc) is 2.84. The normalized spacial score (nSPS) is 10.8. The Kier molecular flexibility index (Phi) is 4.56. The molecule has 106 valence electrons. The fraction of sp³-hybridized carbons (Fsp3) is 0.375. The molecule has 4 heteroatoms. The van der Waals surface area contributed by atoms with Crippen LogP contribution in [0.5, 0.6) is 0 Å². The monoisotopic (exact) mass is 271 g/mol. The molecule has 1 aromatic heterocycles. The molecule has 0 atom stereocenters. The van der Waals surface area contributed by atoms with E-state index < -0.39 is 0 Å². The Balaban J connectivity index is 2.17. The van der Waals surface area contributed by atoms with Crippen LogP contribution in [0.1, 0.15) is 35.6 Å². The summed E-state index contributed by atoms with van der Waals surface area (Å²) in [6.07, 6.45) is 0. The summed E-state index contributed by atoms with van der Waals surface area (Å²) in [6.45, 7) is 7.46. The van der Waals surface area contributed by atoms with Crippen LogP contribution in [0.3, 0.4) is 0 Å². The van der Waals surface area contributed by atoms with Crippen molar-refractivity contribution in [1.29, 1.82) is 0 Å². The summed E-state index contributed by atoms with van der Waals surface area (Å²) in [5, 5.41) is 6.89. The molecule has 0 radical (unpaired) electrons. The molecule has 20 heavy (non-hydrogen) atoms. The van der Waals surface area contributed by atoms with Crippen molar-refractivity contribution in [2.45, 2.75) is 27.3 Å². The summed E-state index contributed by atoms with van der Waals surface area (Å²) in [6, 6.07) is 11.8. The highest BCUT2D eigenvalue weighted by molar-refractivity contribution is 5.92. The number of benzene rings is 1. The van der Waals surface area contributed by atoms with Crippen molar-refractivity contribution in [3.63, 3.8) is 0 Å². The van der Waals surface area contributed by atoms with Crippen LogP contribution in [-0.2, 0) is 6.54 Å². The van der Waals surface area contributed by atoms with Crippen molar-refractivity contribution in [3.8, 4) is 0 Å². The van der Waals surface area contributed by atoms with E-state index in [1.807, 2.05) is 42.2 Å². The lowest BCUT2D eigenvalue weighted by Gasteiger charge is -2.24. The van der Waals surface area contributed by atoms with Gasteiger partial charge in [-0.15, -0.1) is 0 Å². The molecular weight excluding hydrogens is 250 g/mol. The van der Waals surface area contributed by atoms with Crippen LogP contribution in [-0.4, -0.2) is 27.5 Å². The SMILES string of the molecule is Cc1cc(C(=O)N(Cc2ccccc2)CC(C)C)n[nH]1. The Morgan fingerprint density at radius 2 is 2.00 bits per heavy atom. The maximum Gasteiger partial charge on any atom is 0.274 e. The third-order valence-electron chi connectivity index (χ3n) is 3.01. The van der Waals surface area contributed by atoms with Crippen molar-refractivity contribution in [3.05, 3.63) is 53.3 Å². The Morgan fingerprint density at radius 1 is 1.30 bits per heavy atom. The molecule has 1 heterocycles. The van der Waals surface area contributed by atoms with Crippen molar-refractivity contribution >= 4 is 5.91 Å². The Hall–Kier alpha value is -2.10. The van der Waals surface area contributed by atoms with Crippen LogP contribution in [0.15, 0.2) is 36.4 Å². The van der Waals surface area contributed by atoms with Crippen molar-refractivity contribution in [1.82, 2.24) is 15.1 Å².